The molecule has 1 N–H and O–H groups in total. The maximum atomic E-state index is 11.2. The number of methoxy groups -OCH3 is 1. The van der Waals surface area contributed by atoms with E-state index < -0.39 is 6.10 Å². The van der Waals surface area contributed by atoms with Crippen LogP contribution in [0.2, 0.25) is 0 Å². The summed E-state index contributed by atoms with van der Waals surface area (Å²) >= 11 is 0. The zero-order valence-electron chi connectivity index (χ0n) is 14.5. The van der Waals surface area contributed by atoms with Crippen molar-refractivity contribution in [3.8, 4) is 5.75 Å². The number of ether oxygens (including phenoxy) is 1. The summed E-state index contributed by atoms with van der Waals surface area (Å²) in [6, 6.07) is 8.07. The molecule has 0 radical (unpaired) electrons. The zero-order chi connectivity index (χ0) is 16.7. The van der Waals surface area contributed by atoms with E-state index in [-0.39, 0.29) is 6.04 Å². The van der Waals surface area contributed by atoms with Crippen molar-refractivity contribution < 1.29 is 9.84 Å². The van der Waals surface area contributed by atoms with Gasteiger partial charge in [-0.15, -0.1) is 0 Å². The molecule has 3 unspecified atom stereocenters. The summed E-state index contributed by atoms with van der Waals surface area (Å²) in [4.78, 5) is 6.94. The molecule has 0 aliphatic carbocycles. The number of aliphatic hydroxyl groups excluding tert-OH is 1. The van der Waals surface area contributed by atoms with Gasteiger partial charge >= 0.3 is 0 Å². The van der Waals surface area contributed by atoms with Crippen LogP contribution >= 0.6 is 0 Å². The molecule has 3 saturated heterocycles. The van der Waals surface area contributed by atoms with E-state index in [9.17, 15) is 5.11 Å². The summed E-state index contributed by atoms with van der Waals surface area (Å²) in [7, 11) is 1.67. The second-order valence-electron chi connectivity index (χ2n) is 7.24. The Labute approximate surface area is 143 Å². The predicted octanol–water partition coefficient (Wildman–Crippen LogP) is 3.40. The van der Waals surface area contributed by atoms with E-state index in [4.69, 9.17) is 4.74 Å². The van der Waals surface area contributed by atoms with E-state index in [0.717, 1.165) is 53.6 Å². The monoisotopic (exact) mass is 326 g/mol. The molecule has 4 heterocycles. The smallest absolute Gasteiger partial charge is 0.119 e. The molecule has 0 saturated carbocycles. The van der Waals surface area contributed by atoms with E-state index in [1.54, 1.807) is 13.3 Å². The SMILES string of the molecule is CCC1CN2CCC1C[C@H]2[C@H](O)c1ccnc2ccc(OC)cc12. The van der Waals surface area contributed by atoms with Gasteiger partial charge in [-0.05, 0) is 61.1 Å². The third-order valence-corrected chi connectivity index (χ3v) is 6.13. The van der Waals surface area contributed by atoms with Gasteiger partial charge in [-0.2, -0.15) is 0 Å². The molecule has 4 heteroatoms. The van der Waals surface area contributed by atoms with Gasteiger partial charge in [0.1, 0.15) is 5.75 Å². The average Bonchev–Trinajstić information content (AvgIpc) is 2.66. The first-order valence-corrected chi connectivity index (χ1v) is 9.06. The van der Waals surface area contributed by atoms with E-state index in [1.807, 2.05) is 24.3 Å². The summed E-state index contributed by atoms with van der Waals surface area (Å²) in [6.07, 6.45) is 4.97. The largest absolute Gasteiger partial charge is 0.497 e. The fourth-order valence-corrected chi connectivity index (χ4v) is 4.71. The number of rotatable bonds is 4. The number of hydrogen-bond acceptors (Lipinski definition) is 4. The third-order valence-electron chi connectivity index (χ3n) is 6.13. The van der Waals surface area contributed by atoms with Gasteiger partial charge in [-0.1, -0.05) is 13.3 Å². The fraction of sp³-hybridized carbons (Fsp3) is 0.550. The van der Waals surface area contributed by atoms with Crippen LogP contribution in [-0.4, -0.2) is 41.2 Å². The molecule has 4 nitrogen and oxygen atoms in total. The topological polar surface area (TPSA) is 45.6 Å². The number of fused-ring (bicyclic) bond motifs is 4. The second-order valence-corrected chi connectivity index (χ2v) is 7.24. The van der Waals surface area contributed by atoms with Gasteiger partial charge in [0.05, 0.1) is 18.7 Å². The van der Waals surface area contributed by atoms with Crippen LogP contribution in [0.3, 0.4) is 0 Å². The molecule has 3 aliphatic rings. The summed E-state index contributed by atoms with van der Waals surface area (Å²) in [6.45, 7) is 4.55. The number of piperidine rings is 3. The Morgan fingerprint density at radius 3 is 2.96 bits per heavy atom. The van der Waals surface area contributed by atoms with Crippen molar-refractivity contribution in [3.63, 3.8) is 0 Å². The maximum absolute atomic E-state index is 11.2. The first-order valence-electron chi connectivity index (χ1n) is 9.06. The summed E-state index contributed by atoms with van der Waals surface area (Å²) in [5.41, 5.74) is 1.89. The second kappa shape index (κ2) is 6.34. The summed E-state index contributed by atoms with van der Waals surface area (Å²) in [5, 5.41) is 12.2. The van der Waals surface area contributed by atoms with Gasteiger partial charge in [0.2, 0.25) is 0 Å². The van der Waals surface area contributed by atoms with Crippen molar-refractivity contribution in [2.24, 2.45) is 11.8 Å². The highest BCUT2D eigenvalue weighted by atomic mass is 16.5. The lowest BCUT2D eigenvalue weighted by Crippen LogP contribution is -2.55. The minimum atomic E-state index is -0.469. The standard InChI is InChI=1S/C20H26N2O2/c1-3-13-12-22-9-7-14(13)10-19(22)20(23)16-6-8-21-18-5-4-15(24-2)11-17(16)18/h4-6,8,11,13-14,19-20,23H,3,7,9-10,12H2,1-2H3/t13?,14?,19-,20+/m0/s1. The molecule has 128 valence electrons. The lowest BCUT2D eigenvalue weighted by Gasteiger charge is -2.51. The molecule has 3 fully saturated rings. The van der Waals surface area contributed by atoms with E-state index in [0.29, 0.717) is 0 Å². The van der Waals surface area contributed by atoms with Crippen LogP contribution in [0.25, 0.3) is 10.9 Å². The van der Waals surface area contributed by atoms with Crippen LogP contribution in [0, 0.1) is 11.8 Å². The molecule has 5 rings (SSSR count). The van der Waals surface area contributed by atoms with Crippen LogP contribution in [0.15, 0.2) is 30.5 Å². The summed E-state index contributed by atoms with van der Waals surface area (Å²) < 4.78 is 5.36. The van der Waals surface area contributed by atoms with Gasteiger partial charge in [0.15, 0.2) is 0 Å². The number of aromatic nitrogens is 1. The van der Waals surface area contributed by atoms with Gasteiger partial charge in [-0.3, -0.25) is 9.88 Å². The third kappa shape index (κ3) is 2.58. The lowest BCUT2D eigenvalue weighted by molar-refractivity contribution is -0.0562. The lowest BCUT2D eigenvalue weighted by atomic mass is 9.72. The molecule has 1 aromatic carbocycles. The highest BCUT2D eigenvalue weighted by molar-refractivity contribution is 5.83. The predicted molar refractivity (Wildman–Crippen MR) is 95.1 cm³/mol. The first kappa shape index (κ1) is 15.9. The quantitative estimate of drug-likeness (QED) is 0.935. The summed E-state index contributed by atoms with van der Waals surface area (Å²) in [5.74, 6) is 2.37. The number of hydrogen-bond donors (Lipinski definition) is 1. The van der Waals surface area contributed by atoms with Gasteiger partial charge in [0.25, 0.3) is 0 Å². The van der Waals surface area contributed by atoms with Crippen molar-refractivity contribution in [2.45, 2.75) is 38.3 Å². The minimum absolute atomic E-state index is 0.225. The normalized spacial score (nSPS) is 30.5. The molecular formula is C20H26N2O2. The molecular weight excluding hydrogens is 300 g/mol. The van der Waals surface area contributed by atoms with Crippen molar-refractivity contribution in [3.05, 3.63) is 36.0 Å². The fourth-order valence-electron chi connectivity index (χ4n) is 4.71. The van der Waals surface area contributed by atoms with E-state index >= 15 is 0 Å². The number of benzene rings is 1. The molecule has 5 atom stereocenters. The molecule has 0 amide bonds. The van der Waals surface area contributed by atoms with Crippen LogP contribution in [0.5, 0.6) is 5.75 Å². The number of pyridine rings is 1. The van der Waals surface area contributed by atoms with Crippen LogP contribution < -0.4 is 4.74 Å². The van der Waals surface area contributed by atoms with Gasteiger partial charge < -0.3 is 9.84 Å². The Morgan fingerprint density at radius 2 is 2.25 bits per heavy atom. The van der Waals surface area contributed by atoms with Crippen LogP contribution in [0.1, 0.15) is 37.9 Å². The Hall–Kier alpha value is -1.65. The zero-order valence-corrected chi connectivity index (χ0v) is 14.5. The molecule has 3 aliphatic heterocycles. The molecule has 2 aromatic rings. The molecule has 24 heavy (non-hydrogen) atoms. The van der Waals surface area contributed by atoms with Crippen molar-refractivity contribution in [1.29, 1.82) is 0 Å². The van der Waals surface area contributed by atoms with E-state index in [2.05, 4.69) is 16.8 Å². The molecule has 2 bridgehead atoms. The van der Waals surface area contributed by atoms with Crippen LogP contribution in [-0.2, 0) is 0 Å². The number of aliphatic hydroxyl groups is 1. The maximum Gasteiger partial charge on any atom is 0.119 e. The average molecular weight is 326 g/mol. The van der Waals surface area contributed by atoms with Crippen molar-refractivity contribution in [1.82, 2.24) is 9.88 Å². The Balaban J connectivity index is 1.68. The highest BCUT2D eigenvalue weighted by Gasteiger charge is 2.42. The molecule has 1 aromatic heterocycles. The van der Waals surface area contributed by atoms with Crippen molar-refractivity contribution in [2.75, 3.05) is 20.2 Å². The Kier molecular flexibility index (Phi) is 4.19. The Bertz CT molecular complexity index is 733. The van der Waals surface area contributed by atoms with E-state index in [1.165, 1.54) is 12.8 Å². The highest BCUT2D eigenvalue weighted by Crippen LogP contribution is 2.42. The Morgan fingerprint density at radius 1 is 1.38 bits per heavy atom. The van der Waals surface area contributed by atoms with Crippen molar-refractivity contribution >= 4 is 10.9 Å². The molecule has 0 spiro atoms. The minimum Gasteiger partial charge on any atom is -0.497 e. The van der Waals surface area contributed by atoms with Crippen LogP contribution in [0.4, 0.5) is 0 Å². The van der Waals surface area contributed by atoms with Gasteiger partial charge in [0, 0.05) is 24.2 Å². The number of nitrogens with zero attached hydrogens (tertiary/aromatic N) is 2. The van der Waals surface area contributed by atoms with Gasteiger partial charge in [-0.25, -0.2) is 0 Å². The first-order chi connectivity index (χ1) is 11.7.